The first kappa shape index (κ1) is 16.7. The summed E-state index contributed by atoms with van der Waals surface area (Å²) in [5.74, 6) is -0.798. The van der Waals surface area contributed by atoms with E-state index in [4.69, 9.17) is 27.9 Å². The van der Waals surface area contributed by atoms with Crippen molar-refractivity contribution in [3.05, 3.63) is 58.2 Å². The van der Waals surface area contributed by atoms with Crippen LogP contribution < -0.4 is 4.74 Å². The van der Waals surface area contributed by atoms with E-state index in [0.29, 0.717) is 26.6 Å². The highest BCUT2D eigenvalue weighted by molar-refractivity contribution is 6.43. The number of aromatic nitrogens is 1. The molecular weight excluding hydrogens is 349 g/mol. The van der Waals surface area contributed by atoms with E-state index in [1.165, 1.54) is 0 Å². The number of carboxylic acid groups (broad SMARTS) is 1. The van der Waals surface area contributed by atoms with Crippen LogP contribution in [-0.4, -0.2) is 21.7 Å². The van der Waals surface area contributed by atoms with E-state index in [1.807, 2.05) is 44.2 Å². The molecule has 0 saturated heterocycles. The van der Waals surface area contributed by atoms with E-state index < -0.39 is 5.97 Å². The fraction of sp³-hybridized carbons (Fsp3) is 0.167. The molecule has 0 aliphatic carbocycles. The quantitative estimate of drug-likeness (QED) is 0.672. The minimum Gasteiger partial charge on any atom is -0.488 e. The lowest BCUT2D eigenvalue weighted by molar-refractivity contribution is 0.0682. The van der Waals surface area contributed by atoms with Gasteiger partial charge in [0.05, 0.1) is 21.7 Å². The minimum absolute atomic E-state index is 0.0447. The normalized spacial score (nSPS) is 11.2. The van der Waals surface area contributed by atoms with Crippen LogP contribution in [0.15, 0.2) is 42.5 Å². The number of halogens is 2. The van der Waals surface area contributed by atoms with Crippen LogP contribution in [0.25, 0.3) is 16.6 Å². The third kappa shape index (κ3) is 2.83. The second kappa shape index (κ2) is 6.38. The SMILES string of the molecule is CC(C)Oc1c(C(=O)O)n(-c2ccccc2)c2cc(Cl)c(Cl)cc12. The van der Waals surface area contributed by atoms with Gasteiger partial charge in [-0.15, -0.1) is 0 Å². The number of fused-ring (bicyclic) bond motifs is 1. The van der Waals surface area contributed by atoms with Crippen LogP contribution in [0.4, 0.5) is 0 Å². The molecular formula is C18H15Cl2NO3. The summed E-state index contributed by atoms with van der Waals surface area (Å²) in [5.41, 5.74) is 1.38. The Labute approximate surface area is 149 Å². The smallest absolute Gasteiger partial charge is 0.356 e. The molecule has 0 amide bonds. The summed E-state index contributed by atoms with van der Waals surface area (Å²) in [5, 5.41) is 11.1. The summed E-state index contributed by atoms with van der Waals surface area (Å²) in [7, 11) is 0. The van der Waals surface area contributed by atoms with Gasteiger partial charge in [0.25, 0.3) is 0 Å². The van der Waals surface area contributed by atoms with E-state index in [0.717, 1.165) is 0 Å². The molecule has 3 aromatic rings. The van der Waals surface area contributed by atoms with Gasteiger partial charge in [0, 0.05) is 11.1 Å². The fourth-order valence-corrected chi connectivity index (χ4v) is 2.97. The summed E-state index contributed by atoms with van der Waals surface area (Å²) in [6.07, 6.45) is -0.188. The molecule has 2 aromatic carbocycles. The summed E-state index contributed by atoms with van der Waals surface area (Å²) in [4.78, 5) is 12.0. The Kier molecular flexibility index (Phi) is 4.43. The Morgan fingerprint density at radius 3 is 2.33 bits per heavy atom. The molecule has 0 unspecified atom stereocenters. The molecule has 0 spiro atoms. The molecule has 24 heavy (non-hydrogen) atoms. The van der Waals surface area contributed by atoms with Crippen LogP contribution in [0, 0.1) is 0 Å². The van der Waals surface area contributed by atoms with E-state index >= 15 is 0 Å². The second-order valence-corrected chi connectivity index (χ2v) is 6.42. The number of aromatic carboxylic acids is 1. The predicted molar refractivity (Wildman–Crippen MR) is 96.0 cm³/mol. The third-order valence-corrected chi connectivity index (χ3v) is 4.26. The molecule has 1 aromatic heterocycles. The zero-order valence-electron chi connectivity index (χ0n) is 13.1. The first-order valence-corrected chi connectivity index (χ1v) is 8.14. The van der Waals surface area contributed by atoms with Crippen molar-refractivity contribution in [3.63, 3.8) is 0 Å². The van der Waals surface area contributed by atoms with Crippen LogP contribution in [-0.2, 0) is 0 Å². The van der Waals surface area contributed by atoms with Crippen LogP contribution >= 0.6 is 23.2 Å². The second-order valence-electron chi connectivity index (χ2n) is 5.60. The molecule has 124 valence electrons. The van der Waals surface area contributed by atoms with Gasteiger partial charge in [0.1, 0.15) is 0 Å². The molecule has 0 fully saturated rings. The summed E-state index contributed by atoms with van der Waals surface area (Å²) < 4.78 is 7.44. The zero-order valence-corrected chi connectivity index (χ0v) is 14.6. The first-order chi connectivity index (χ1) is 11.4. The molecule has 0 aliphatic rings. The van der Waals surface area contributed by atoms with E-state index in [2.05, 4.69) is 0 Å². The monoisotopic (exact) mass is 363 g/mol. The highest BCUT2D eigenvalue weighted by Gasteiger charge is 2.26. The number of carboxylic acids is 1. The van der Waals surface area contributed by atoms with Gasteiger partial charge >= 0.3 is 5.97 Å². The Hall–Kier alpha value is -2.17. The lowest BCUT2D eigenvalue weighted by Crippen LogP contribution is -2.12. The number of nitrogens with zero attached hydrogens (tertiary/aromatic N) is 1. The Balaban J connectivity index is 2.46. The maximum absolute atomic E-state index is 12.0. The number of ether oxygens (including phenoxy) is 1. The van der Waals surface area contributed by atoms with Crippen LogP contribution in [0.5, 0.6) is 5.75 Å². The molecule has 3 rings (SSSR count). The lowest BCUT2D eigenvalue weighted by atomic mass is 10.2. The first-order valence-electron chi connectivity index (χ1n) is 7.39. The molecule has 0 radical (unpaired) electrons. The Morgan fingerprint density at radius 1 is 1.12 bits per heavy atom. The van der Waals surface area contributed by atoms with Gasteiger partial charge in [-0.05, 0) is 38.1 Å². The molecule has 0 aliphatic heterocycles. The largest absolute Gasteiger partial charge is 0.488 e. The van der Waals surface area contributed by atoms with Crippen LogP contribution in [0.2, 0.25) is 10.0 Å². The van der Waals surface area contributed by atoms with E-state index in [-0.39, 0.29) is 17.5 Å². The molecule has 0 saturated carbocycles. The van der Waals surface area contributed by atoms with E-state index in [1.54, 1.807) is 16.7 Å². The molecule has 6 heteroatoms. The highest BCUT2D eigenvalue weighted by atomic mass is 35.5. The number of benzene rings is 2. The lowest BCUT2D eigenvalue weighted by Gasteiger charge is -2.11. The zero-order chi connectivity index (χ0) is 17.4. The Morgan fingerprint density at radius 2 is 1.75 bits per heavy atom. The average Bonchev–Trinajstić information content (AvgIpc) is 2.82. The van der Waals surface area contributed by atoms with Crippen molar-refractivity contribution in [2.24, 2.45) is 0 Å². The van der Waals surface area contributed by atoms with Crippen molar-refractivity contribution in [1.29, 1.82) is 0 Å². The minimum atomic E-state index is -1.09. The molecule has 0 bridgehead atoms. The van der Waals surface area contributed by atoms with Crippen LogP contribution in [0.3, 0.4) is 0 Å². The fourth-order valence-electron chi connectivity index (χ4n) is 2.65. The number of para-hydroxylation sites is 1. The molecule has 1 N–H and O–H groups in total. The standard InChI is InChI=1S/C18H15Cl2NO3/c1-10(2)24-17-12-8-13(19)14(20)9-15(12)21(16(17)18(22)23)11-6-4-3-5-7-11/h3-10H,1-2H3,(H,22,23). The molecule has 0 atom stereocenters. The summed E-state index contributed by atoms with van der Waals surface area (Å²) in [6.45, 7) is 3.68. The van der Waals surface area contributed by atoms with Crippen molar-refractivity contribution in [2.45, 2.75) is 20.0 Å². The maximum Gasteiger partial charge on any atom is 0.356 e. The number of rotatable bonds is 4. The summed E-state index contributed by atoms with van der Waals surface area (Å²) >= 11 is 12.3. The van der Waals surface area contributed by atoms with Crippen molar-refractivity contribution in [2.75, 3.05) is 0 Å². The summed E-state index contributed by atoms with van der Waals surface area (Å²) in [6, 6.07) is 12.5. The highest BCUT2D eigenvalue weighted by Crippen LogP contribution is 2.40. The van der Waals surface area contributed by atoms with Gasteiger partial charge in [-0.25, -0.2) is 4.79 Å². The molecule has 1 heterocycles. The van der Waals surface area contributed by atoms with Gasteiger partial charge in [-0.1, -0.05) is 41.4 Å². The number of hydrogen-bond donors (Lipinski definition) is 1. The van der Waals surface area contributed by atoms with E-state index in [9.17, 15) is 9.90 Å². The predicted octanol–water partition coefficient (Wildman–Crippen LogP) is 5.42. The Bertz CT molecular complexity index is 917. The molecule has 4 nitrogen and oxygen atoms in total. The van der Waals surface area contributed by atoms with Gasteiger partial charge < -0.3 is 14.4 Å². The van der Waals surface area contributed by atoms with Gasteiger partial charge in [0.15, 0.2) is 11.4 Å². The van der Waals surface area contributed by atoms with Gasteiger partial charge in [-0.3, -0.25) is 0 Å². The van der Waals surface area contributed by atoms with Gasteiger partial charge in [0.2, 0.25) is 0 Å². The average molecular weight is 364 g/mol. The van der Waals surface area contributed by atoms with Crippen molar-refractivity contribution in [3.8, 4) is 11.4 Å². The third-order valence-electron chi connectivity index (χ3n) is 3.53. The van der Waals surface area contributed by atoms with Crippen LogP contribution in [0.1, 0.15) is 24.3 Å². The van der Waals surface area contributed by atoms with Gasteiger partial charge in [-0.2, -0.15) is 0 Å². The topological polar surface area (TPSA) is 51.5 Å². The maximum atomic E-state index is 12.0. The van der Waals surface area contributed by atoms with Crippen molar-refractivity contribution in [1.82, 2.24) is 4.57 Å². The number of carbonyl (C=O) groups is 1. The van der Waals surface area contributed by atoms with Crippen molar-refractivity contribution < 1.29 is 14.6 Å². The van der Waals surface area contributed by atoms with Crippen molar-refractivity contribution >= 4 is 40.1 Å². The number of hydrogen-bond acceptors (Lipinski definition) is 2.